The number of hydrogen-bond donors (Lipinski definition) is 0. The summed E-state index contributed by atoms with van der Waals surface area (Å²) in [5.41, 5.74) is 0.890. The van der Waals surface area contributed by atoms with Crippen LogP contribution in [0, 0.1) is 5.82 Å². The van der Waals surface area contributed by atoms with Gasteiger partial charge in [-0.1, -0.05) is 43.0 Å². The lowest BCUT2D eigenvalue weighted by atomic mass is 9.94. The van der Waals surface area contributed by atoms with Crippen LogP contribution in [0.1, 0.15) is 48.9 Å². The summed E-state index contributed by atoms with van der Waals surface area (Å²) in [6, 6.07) is 14.2. The largest absolute Gasteiger partial charge is 0.304 e. The first-order valence-electron chi connectivity index (χ1n) is 10.2. The van der Waals surface area contributed by atoms with Gasteiger partial charge in [0.2, 0.25) is 0 Å². The summed E-state index contributed by atoms with van der Waals surface area (Å²) in [5, 5.41) is 0.622. The van der Waals surface area contributed by atoms with Gasteiger partial charge in [0.25, 0.3) is 5.91 Å². The molecule has 1 heterocycles. The molecular weight excluding hydrogens is 375 g/mol. The first kappa shape index (κ1) is 19.4. The topological polar surface area (TPSA) is 23.6 Å². The van der Waals surface area contributed by atoms with Crippen LogP contribution in [-0.4, -0.2) is 36.0 Å². The van der Waals surface area contributed by atoms with E-state index in [1.807, 2.05) is 12.1 Å². The molecule has 28 heavy (non-hydrogen) atoms. The molecule has 0 bridgehead atoms. The Bertz CT molecular complexity index is 820. The minimum absolute atomic E-state index is 0.0372. The molecule has 1 unspecified atom stereocenters. The van der Waals surface area contributed by atoms with Crippen molar-refractivity contribution < 1.29 is 9.18 Å². The SMILES string of the molecule is O=C(c1ccccc1F)N(c1ccc(Cl)cc1)C1CCN(C2CCCCC2)C1. The zero-order valence-electron chi connectivity index (χ0n) is 16.0. The molecule has 3 nitrogen and oxygen atoms in total. The van der Waals surface area contributed by atoms with E-state index in [4.69, 9.17) is 11.6 Å². The Morgan fingerprint density at radius 1 is 1.00 bits per heavy atom. The van der Waals surface area contributed by atoms with Gasteiger partial charge in [0.05, 0.1) is 11.6 Å². The lowest BCUT2D eigenvalue weighted by Gasteiger charge is -2.33. The van der Waals surface area contributed by atoms with E-state index in [2.05, 4.69) is 4.90 Å². The van der Waals surface area contributed by atoms with Gasteiger partial charge in [-0.2, -0.15) is 0 Å². The lowest BCUT2D eigenvalue weighted by Crippen LogP contribution is -2.44. The highest BCUT2D eigenvalue weighted by Crippen LogP contribution is 2.31. The zero-order valence-corrected chi connectivity index (χ0v) is 16.7. The molecule has 2 aromatic carbocycles. The van der Waals surface area contributed by atoms with E-state index >= 15 is 0 Å². The standard InChI is InChI=1S/C23H26ClFN2O/c24-17-10-12-19(13-11-17)27(23(28)21-8-4-5-9-22(21)25)20-14-15-26(16-20)18-6-2-1-3-7-18/h4-5,8-13,18,20H,1-3,6-7,14-16H2. The van der Waals surface area contributed by atoms with Gasteiger partial charge in [0.1, 0.15) is 5.82 Å². The Kier molecular flexibility index (Phi) is 5.98. The maximum Gasteiger partial charge on any atom is 0.261 e. The maximum atomic E-state index is 14.4. The van der Waals surface area contributed by atoms with Gasteiger partial charge in [-0.25, -0.2) is 4.39 Å². The Morgan fingerprint density at radius 3 is 2.43 bits per heavy atom. The Morgan fingerprint density at radius 2 is 1.71 bits per heavy atom. The predicted octanol–water partition coefficient (Wildman–Crippen LogP) is 5.53. The number of amides is 1. The molecule has 1 amide bonds. The van der Waals surface area contributed by atoms with Gasteiger partial charge >= 0.3 is 0 Å². The minimum Gasteiger partial charge on any atom is -0.304 e. The van der Waals surface area contributed by atoms with Crippen LogP contribution < -0.4 is 4.90 Å². The molecule has 5 heteroatoms. The van der Waals surface area contributed by atoms with Crippen molar-refractivity contribution in [3.8, 4) is 0 Å². The van der Waals surface area contributed by atoms with Crippen LogP contribution in [0.5, 0.6) is 0 Å². The van der Waals surface area contributed by atoms with Crippen molar-refractivity contribution in [2.24, 2.45) is 0 Å². The summed E-state index contributed by atoms with van der Waals surface area (Å²) in [6.45, 7) is 1.83. The third-order valence-corrected chi connectivity index (χ3v) is 6.33. The van der Waals surface area contributed by atoms with Crippen molar-refractivity contribution in [1.29, 1.82) is 0 Å². The number of rotatable bonds is 4. The molecule has 2 fully saturated rings. The third-order valence-electron chi connectivity index (χ3n) is 6.08. The average molecular weight is 401 g/mol. The van der Waals surface area contributed by atoms with Crippen LogP contribution in [0.3, 0.4) is 0 Å². The highest BCUT2D eigenvalue weighted by molar-refractivity contribution is 6.30. The normalized spacial score (nSPS) is 21.0. The number of nitrogens with zero attached hydrogens (tertiary/aromatic N) is 2. The van der Waals surface area contributed by atoms with Gasteiger partial charge in [0.15, 0.2) is 0 Å². The number of likely N-dealkylation sites (tertiary alicyclic amines) is 1. The predicted molar refractivity (Wildman–Crippen MR) is 112 cm³/mol. The van der Waals surface area contributed by atoms with Gasteiger partial charge < -0.3 is 4.90 Å². The summed E-state index contributed by atoms with van der Waals surface area (Å²) in [7, 11) is 0. The first-order valence-corrected chi connectivity index (χ1v) is 10.6. The number of halogens is 2. The summed E-state index contributed by atoms with van der Waals surface area (Å²) >= 11 is 6.05. The summed E-state index contributed by atoms with van der Waals surface area (Å²) in [6.07, 6.45) is 7.31. The fraction of sp³-hybridized carbons (Fsp3) is 0.435. The summed E-state index contributed by atoms with van der Waals surface area (Å²) in [5.74, 6) is -0.760. The second-order valence-corrected chi connectivity index (χ2v) is 8.30. The molecule has 0 radical (unpaired) electrons. The van der Waals surface area contributed by atoms with Gasteiger partial charge in [-0.15, -0.1) is 0 Å². The third kappa shape index (κ3) is 4.08. The second kappa shape index (κ2) is 8.62. The van der Waals surface area contributed by atoms with Crippen LogP contribution in [0.4, 0.5) is 10.1 Å². The van der Waals surface area contributed by atoms with E-state index in [0.717, 1.165) is 25.2 Å². The van der Waals surface area contributed by atoms with E-state index in [0.29, 0.717) is 11.1 Å². The van der Waals surface area contributed by atoms with E-state index in [-0.39, 0.29) is 17.5 Å². The number of carbonyl (C=O) groups is 1. The smallest absolute Gasteiger partial charge is 0.261 e. The molecule has 2 aromatic rings. The average Bonchev–Trinajstić information content (AvgIpc) is 3.20. The number of benzene rings is 2. The van der Waals surface area contributed by atoms with Crippen LogP contribution in [-0.2, 0) is 0 Å². The molecule has 1 saturated heterocycles. The molecular formula is C23H26ClFN2O. The molecule has 1 aliphatic heterocycles. The van der Waals surface area contributed by atoms with Crippen LogP contribution >= 0.6 is 11.6 Å². The van der Waals surface area contributed by atoms with Crippen LogP contribution in [0.15, 0.2) is 48.5 Å². The van der Waals surface area contributed by atoms with Crippen LogP contribution in [0.25, 0.3) is 0 Å². The van der Waals surface area contributed by atoms with E-state index in [1.165, 1.54) is 38.2 Å². The lowest BCUT2D eigenvalue weighted by molar-refractivity contribution is 0.0971. The summed E-state index contributed by atoms with van der Waals surface area (Å²) < 4.78 is 14.4. The van der Waals surface area contributed by atoms with Crippen LogP contribution in [0.2, 0.25) is 5.02 Å². The number of hydrogen-bond acceptors (Lipinski definition) is 2. The first-order chi connectivity index (χ1) is 13.6. The Hall–Kier alpha value is -1.91. The molecule has 0 aromatic heterocycles. The highest BCUT2D eigenvalue weighted by atomic mass is 35.5. The van der Waals surface area contributed by atoms with Gasteiger partial charge in [-0.05, 0) is 55.7 Å². The quantitative estimate of drug-likeness (QED) is 0.673. The molecule has 4 rings (SSSR count). The van der Waals surface area contributed by atoms with Gasteiger partial charge in [0, 0.05) is 29.8 Å². The molecule has 0 spiro atoms. The van der Waals surface area contributed by atoms with Crippen molar-refractivity contribution >= 4 is 23.2 Å². The van der Waals surface area contributed by atoms with Crippen molar-refractivity contribution in [3.05, 3.63) is 64.9 Å². The van der Waals surface area contributed by atoms with Crippen molar-refractivity contribution in [3.63, 3.8) is 0 Å². The molecule has 2 aliphatic rings. The molecule has 0 N–H and O–H groups in total. The Labute approximate surface area is 171 Å². The highest BCUT2D eigenvalue weighted by Gasteiger charge is 2.36. The monoisotopic (exact) mass is 400 g/mol. The maximum absolute atomic E-state index is 14.4. The molecule has 1 atom stereocenters. The van der Waals surface area contributed by atoms with E-state index in [1.54, 1.807) is 35.2 Å². The summed E-state index contributed by atoms with van der Waals surface area (Å²) in [4.78, 5) is 17.7. The molecule has 1 aliphatic carbocycles. The Balaban J connectivity index is 1.61. The number of anilines is 1. The van der Waals surface area contributed by atoms with E-state index in [9.17, 15) is 9.18 Å². The zero-order chi connectivity index (χ0) is 19.5. The van der Waals surface area contributed by atoms with Gasteiger partial charge in [-0.3, -0.25) is 9.69 Å². The molecule has 148 valence electrons. The molecule has 1 saturated carbocycles. The minimum atomic E-state index is -0.478. The van der Waals surface area contributed by atoms with Crippen molar-refractivity contribution in [2.75, 3.05) is 18.0 Å². The number of carbonyl (C=O) groups excluding carboxylic acids is 1. The fourth-order valence-electron chi connectivity index (χ4n) is 4.62. The van der Waals surface area contributed by atoms with Crippen molar-refractivity contribution in [1.82, 2.24) is 4.90 Å². The van der Waals surface area contributed by atoms with Crippen molar-refractivity contribution in [2.45, 2.75) is 50.6 Å². The second-order valence-electron chi connectivity index (χ2n) is 7.86. The van der Waals surface area contributed by atoms with E-state index < -0.39 is 5.82 Å². The fourth-order valence-corrected chi connectivity index (χ4v) is 4.74.